The highest BCUT2D eigenvalue weighted by Gasteiger charge is 2.19. The fourth-order valence-electron chi connectivity index (χ4n) is 3.66. The first-order valence-corrected chi connectivity index (χ1v) is 9.54. The zero-order chi connectivity index (χ0) is 17.4. The van der Waals surface area contributed by atoms with Crippen molar-refractivity contribution >= 4 is 12.0 Å². The predicted molar refractivity (Wildman–Crippen MR) is 103 cm³/mol. The van der Waals surface area contributed by atoms with Gasteiger partial charge >= 0.3 is 0 Å². The Kier molecular flexibility index (Phi) is 7.55. The van der Waals surface area contributed by atoms with Crippen molar-refractivity contribution < 1.29 is 4.79 Å². The topological polar surface area (TPSA) is 20.3 Å². The van der Waals surface area contributed by atoms with Gasteiger partial charge in [0.1, 0.15) is 0 Å². The van der Waals surface area contributed by atoms with Gasteiger partial charge in [-0.25, -0.2) is 0 Å². The summed E-state index contributed by atoms with van der Waals surface area (Å²) < 4.78 is 0. The number of carbonyl (C=O) groups excluding carboxylic acids is 1. The van der Waals surface area contributed by atoms with Gasteiger partial charge in [-0.05, 0) is 30.7 Å². The van der Waals surface area contributed by atoms with Crippen molar-refractivity contribution in [1.29, 1.82) is 0 Å². The van der Waals surface area contributed by atoms with Gasteiger partial charge in [-0.15, -0.1) is 0 Å². The third-order valence-corrected chi connectivity index (χ3v) is 4.83. The van der Waals surface area contributed by atoms with Gasteiger partial charge in [-0.2, -0.15) is 0 Å². The van der Waals surface area contributed by atoms with Crippen molar-refractivity contribution in [3.8, 4) is 0 Å². The summed E-state index contributed by atoms with van der Waals surface area (Å²) in [6.45, 7) is 8.10. The van der Waals surface area contributed by atoms with Gasteiger partial charge in [0.25, 0.3) is 0 Å². The van der Waals surface area contributed by atoms with E-state index in [1.165, 1.54) is 36.8 Å². The largest absolute Gasteiger partial charge is 0.338 e. The van der Waals surface area contributed by atoms with E-state index in [0.29, 0.717) is 11.8 Å². The van der Waals surface area contributed by atoms with Crippen molar-refractivity contribution in [2.75, 3.05) is 13.1 Å². The summed E-state index contributed by atoms with van der Waals surface area (Å²) in [4.78, 5) is 14.8. The molecule has 1 aliphatic rings. The summed E-state index contributed by atoms with van der Waals surface area (Å²) in [5, 5.41) is 0. The predicted octanol–water partition coefficient (Wildman–Crippen LogP) is 5.54. The van der Waals surface area contributed by atoms with Crippen molar-refractivity contribution in [3.63, 3.8) is 0 Å². The van der Waals surface area contributed by atoms with Crippen LogP contribution < -0.4 is 0 Å². The lowest BCUT2D eigenvalue weighted by Crippen LogP contribution is -2.35. The first-order valence-electron chi connectivity index (χ1n) is 9.54. The summed E-state index contributed by atoms with van der Waals surface area (Å²) in [5.41, 5.74) is 2.45. The number of benzene rings is 1. The number of carbonyl (C=O) groups is 1. The van der Waals surface area contributed by atoms with Crippen LogP contribution in [0, 0.1) is 11.8 Å². The quantitative estimate of drug-likeness (QED) is 0.613. The molecule has 1 saturated carbocycles. The Bertz CT molecular complexity index is 526. The Labute approximate surface area is 147 Å². The Hall–Kier alpha value is -1.57. The van der Waals surface area contributed by atoms with Crippen LogP contribution in [0.1, 0.15) is 64.9 Å². The van der Waals surface area contributed by atoms with Crippen molar-refractivity contribution in [2.24, 2.45) is 11.8 Å². The third-order valence-electron chi connectivity index (χ3n) is 4.83. The van der Waals surface area contributed by atoms with Crippen LogP contribution in [0.25, 0.3) is 6.08 Å². The number of hydrogen-bond acceptors (Lipinski definition) is 1. The van der Waals surface area contributed by atoms with Crippen LogP contribution in [0.4, 0.5) is 0 Å². The van der Waals surface area contributed by atoms with Crippen molar-refractivity contribution in [1.82, 2.24) is 4.90 Å². The van der Waals surface area contributed by atoms with Crippen molar-refractivity contribution in [3.05, 3.63) is 41.5 Å². The molecular formula is C22H33NO. The van der Waals surface area contributed by atoms with E-state index >= 15 is 0 Å². The normalized spacial score (nSPS) is 15.9. The standard InChI is InChI=1S/C22H33NO/c1-18(2)16-23(22(24)14-13-20-9-7-8-10-20)17-19(3)15-21-11-5-4-6-12-21/h4-6,11-12,15,18,20H,7-10,13-14,16-17H2,1-3H3/b19-15+. The average Bonchev–Trinajstić information content (AvgIpc) is 3.06. The highest BCUT2D eigenvalue weighted by molar-refractivity contribution is 5.76. The second-order valence-electron chi connectivity index (χ2n) is 7.76. The lowest BCUT2D eigenvalue weighted by atomic mass is 10.0. The molecule has 0 aliphatic heterocycles. The Morgan fingerprint density at radius 1 is 1.21 bits per heavy atom. The molecule has 0 bridgehead atoms. The summed E-state index contributed by atoms with van der Waals surface area (Å²) in [6, 6.07) is 10.4. The van der Waals surface area contributed by atoms with E-state index < -0.39 is 0 Å². The molecule has 2 heteroatoms. The van der Waals surface area contributed by atoms with E-state index in [1.807, 2.05) is 6.07 Å². The minimum atomic E-state index is 0.330. The molecule has 1 fully saturated rings. The maximum absolute atomic E-state index is 12.7. The third kappa shape index (κ3) is 6.51. The smallest absolute Gasteiger partial charge is 0.222 e. The first-order chi connectivity index (χ1) is 11.5. The molecule has 1 aromatic rings. The van der Waals surface area contributed by atoms with Gasteiger partial charge in [-0.3, -0.25) is 4.79 Å². The Morgan fingerprint density at radius 3 is 2.50 bits per heavy atom. The first kappa shape index (κ1) is 18.8. The highest BCUT2D eigenvalue weighted by Crippen LogP contribution is 2.28. The second-order valence-corrected chi connectivity index (χ2v) is 7.76. The molecule has 2 nitrogen and oxygen atoms in total. The number of rotatable bonds is 8. The Balaban J connectivity index is 1.93. The average molecular weight is 328 g/mol. The molecule has 132 valence electrons. The van der Waals surface area contributed by atoms with Crippen LogP contribution in [0.5, 0.6) is 0 Å². The number of nitrogens with zero attached hydrogens (tertiary/aromatic N) is 1. The fourth-order valence-corrected chi connectivity index (χ4v) is 3.66. The summed E-state index contributed by atoms with van der Waals surface area (Å²) in [7, 11) is 0. The van der Waals surface area contributed by atoms with Gasteiger partial charge in [0.2, 0.25) is 5.91 Å². The molecule has 0 radical (unpaired) electrons. The summed E-state index contributed by atoms with van der Waals surface area (Å²) >= 11 is 0. The molecule has 1 aliphatic carbocycles. The molecule has 24 heavy (non-hydrogen) atoms. The molecule has 0 aromatic heterocycles. The van der Waals surface area contributed by atoms with Gasteiger partial charge in [0.15, 0.2) is 0 Å². The van der Waals surface area contributed by atoms with Gasteiger partial charge < -0.3 is 4.90 Å². The molecule has 1 aromatic carbocycles. The van der Waals surface area contributed by atoms with Crippen LogP contribution in [0.2, 0.25) is 0 Å². The van der Waals surface area contributed by atoms with Gasteiger partial charge in [0.05, 0.1) is 0 Å². The minimum Gasteiger partial charge on any atom is -0.338 e. The molecule has 1 amide bonds. The molecule has 0 saturated heterocycles. The zero-order valence-corrected chi connectivity index (χ0v) is 15.6. The monoisotopic (exact) mass is 327 g/mol. The maximum Gasteiger partial charge on any atom is 0.222 e. The van der Waals surface area contributed by atoms with E-state index in [2.05, 4.69) is 56.0 Å². The number of hydrogen-bond donors (Lipinski definition) is 0. The second kappa shape index (κ2) is 9.66. The van der Waals surface area contributed by atoms with Crippen LogP contribution in [0.3, 0.4) is 0 Å². The molecule has 0 N–H and O–H groups in total. The molecular weight excluding hydrogens is 294 g/mol. The lowest BCUT2D eigenvalue weighted by molar-refractivity contribution is -0.131. The zero-order valence-electron chi connectivity index (χ0n) is 15.6. The highest BCUT2D eigenvalue weighted by atomic mass is 16.2. The van der Waals surface area contributed by atoms with Gasteiger partial charge in [0, 0.05) is 19.5 Å². The minimum absolute atomic E-state index is 0.330. The number of amides is 1. The molecule has 2 rings (SSSR count). The van der Waals surface area contributed by atoms with Gasteiger partial charge in [-0.1, -0.05) is 81.5 Å². The van der Waals surface area contributed by atoms with Crippen LogP contribution in [0.15, 0.2) is 35.9 Å². The fraction of sp³-hybridized carbons (Fsp3) is 0.591. The SMILES string of the molecule is C/C(=C\c1ccccc1)CN(CC(C)C)C(=O)CCC1CCCC1. The molecule has 0 spiro atoms. The van der Waals surface area contributed by atoms with E-state index in [0.717, 1.165) is 31.8 Å². The van der Waals surface area contributed by atoms with E-state index in [4.69, 9.17) is 0 Å². The van der Waals surface area contributed by atoms with Crippen molar-refractivity contribution in [2.45, 2.75) is 59.3 Å². The van der Waals surface area contributed by atoms with E-state index in [1.54, 1.807) is 0 Å². The molecule has 0 heterocycles. The van der Waals surface area contributed by atoms with Crippen LogP contribution >= 0.6 is 0 Å². The Morgan fingerprint density at radius 2 is 1.88 bits per heavy atom. The lowest BCUT2D eigenvalue weighted by Gasteiger charge is -2.26. The summed E-state index contributed by atoms with van der Waals surface area (Å²) in [6.07, 6.45) is 9.35. The van der Waals surface area contributed by atoms with E-state index in [-0.39, 0.29) is 0 Å². The summed E-state index contributed by atoms with van der Waals surface area (Å²) in [5.74, 6) is 1.62. The molecule has 0 unspecified atom stereocenters. The van der Waals surface area contributed by atoms with E-state index in [9.17, 15) is 4.79 Å². The maximum atomic E-state index is 12.7. The van der Waals surface area contributed by atoms with Crippen LogP contribution in [-0.2, 0) is 4.79 Å². The van der Waals surface area contributed by atoms with Crippen LogP contribution in [-0.4, -0.2) is 23.9 Å². The molecule has 0 atom stereocenters.